The fraction of sp³-hybridized carbons (Fsp3) is 1.00. The molecule has 0 spiro atoms. The Hall–Kier alpha value is -0.160. The average Bonchev–Trinajstić information content (AvgIpc) is 2.28. The van der Waals surface area contributed by atoms with Crippen LogP contribution in [0.5, 0.6) is 0 Å². The third kappa shape index (κ3) is 4.92. The minimum Gasteiger partial charge on any atom is -0.396 e. The number of aliphatic hydroxyl groups is 1. The molecule has 4 nitrogen and oxygen atoms in total. The van der Waals surface area contributed by atoms with E-state index in [0.29, 0.717) is 6.04 Å². The highest BCUT2D eigenvalue weighted by atomic mass is 16.5. The molecule has 2 N–H and O–H groups in total. The number of morpholine rings is 1. The van der Waals surface area contributed by atoms with Crippen LogP contribution >= 0.6 is 0 Å². The van der Waals surface area contributed by atoms with Crippen LogP contribution in [0.1, 0.15) is 33.6 Å². The summed E-state index contributed by atoms with van der Waals surface area (Å²) in [6.07, 6.45) is 1.96. The summed E-state index contributed by atoms with van der Waals surface area (Å²) in [6.45, 7) is 11.5. The molecule has 0 aromatic rings. The smallest absolute Gasteiger partial charge is 0.0645 e. The molecule has 0 aliphatic carbocycles. The van der Waals surface area contributed by atoms with E-state index in [1.54, 1.807) is 0 Å². The number of rotatable bonds is 7. The van der Waals surface area contributed by atoms with Gasteiger partial charge in [0.25, 0.3) is 0 Å². The molecule has 0 bridgehead atoms. The lowest BCUT2D eigenvalue weighted by Crippen LogP contribution is -2.56. The lowest BCUT2D eigenvalue weighted by molar-refractivity contribution is -0.0551. The van der Waals surface area contributed by atoms with Gasteiger partial charge in [-0.15, -0.1) is 0 Å². The minimum atomic E-state index is 0.111. The summed E-state index contributed by atoms with van der Waals surface area (Å²) in [5, 5.41) is 12.6. The first-order valence-corrected chi connectivity index (χ1v) is 6.77. The van der Waals surface area contributed by atoms with Gasteiger partial charge in [0.15, 0.2) is 0 Å². The van der Waals surface area contributed by atoms with Gasteiger partial charge in [-0.3, -0.25) is 4.90 Å². The van der Waals surface area contributed by atoms with Gasteiger partial charge in [0, 0.05) is 31.3 Å². The maximum Gasteiger partial charge on any atom is 0.0645 e. The van der Waals surface area contributed by atoms with E-state index in [4.69, 9.17) is 9.84 Å². The number of nitrogens with one attached hydrogen (secondary N) is 1. The highest BCUT2D eigenvalue weighted by Crippen LogP contribution is 2.19. The summed E-state index contributed by atoms with van der Waals surface area (Å²) in [6, 6.07) is 0.386. The third-order valence-corrected chi connectivity index (χ3v) is 3.42. The SMILES string of the molecule is CCCNC(CCO)CN1CCOCC1(C)C. The second-order valence-corrected chi connectivity index (χ2v) is 5.47. The first-order chi connectivity index (χ1) is 8.10. The molecule has 1 unspecified atom stereocenters. The van der Waals surface area contributed by atoms with Crippen LogP contribution in [-0.4, -0.2) is 61.0 Å². The van der Waals surface area contributed by atoms with Crippen molar-refractivity contribution in [2.24, 2.45) is 0 Å². The normalized spacial score (nSPS) is 22.6. The molecule has 102 valence electrons. The van der Waals surface area contributed by atoms with Crippen molar-refractivity contribution in [3.63, 3.8) is 0 Å². The summed E-state index contributed by atoms with van der Waals surface area (Å²) in [5.41, 5.74) is 0.111. The quantitative estimate of drug-likeness (QED) is 0.697. The molecule has 0 saturated carbocycles. The molecule has 1 heterocycles. The van der Waals surface area contributed by atoms with Crippen molar-refractivity contribution >= 4 is 0 Å². The van der Waals surface area contributed by atoms with Gasteiger partial charge in [0.05, 0.1) is 13.2 Å². The first kappa shape index (κ1) is 14.9. The number of hydrogen-bond donors (Lipinski definition) is 2. The molecule has 1 atom stereocenters. The minimum absolute atomic E-state index is 0.111. The van der Waals surface area contributed by atoms with Crippen molar-refractivity contribution < 1.29 is 9.84 Å². The molecule has 1 aliphatic heterocycles. The van der Waals surface area contributed by atoms with Crippen LogP contribution in [0.2, 0.25) is 0 Å². The van der Waals surface area contributed by atoms with Crippen LogP contribution in [0, 0.1) is 0 Å². The van der Waals surface area contributed by atoms with E-state index in [1.165, 1.54) is 0 Å². The summed E-state index contributed by atoms with van der Waals surface area (Å²) in [4.78, 5) is 2.47. The van der Waals surface area contributed by atoms with Crippen LogP contribution in [0.25, 0.3) is 0 Å². The molecule has 1 rings (SSSR count). The van der Waals surface area contributed by atoms with E-state index < -0.39 is 0 Å². The molecular weight excluding hydrogens is 216 g/mol. The van der Waals surface area contributed by atoms with Crippen LogP contribution in [-0.2, 0) is 4.74 Å². The summed E-state index contributed by atoms with van der Waals surface area (Å²) in [5.74, 6) is 0. The van der Waals surface area contributed by atoms with Crippen molar-refractivity contribution in [1.82, 2.24) is 10.2 Å². The maximum absolute atomic E-state index is 9.11. The Morgan fingerprint density at radius 3 is 2.82 bits per heavy atom. The Morgan fingerprint density at radius 2 is 2.24 bits per heavy atom. The predicted octanol–water partition coefficient (Wildman–Crippen LogP) is 0.848. The monoisotopic (exact) mass is 244 g/mol. The standard InChI is InChI=1S/C13H28N2O2/c1-4-6-14-12(5-8-16)10-15-7-9-17-11-13(15,2)3/h12,14,16H,4-11H2,1-3H3. The van der Waals surface area contributed by atoms with Gasteiger partial charge >= 0.3 is 0 Å². The van der Waals surface area contributed by atoms with Crippen LogP contribution in [0.4, 0.5) is 0 Å². The molecule has 1 saturated heterocycles. The van der Waals surface area contributed by atoms with Crippen molar-refractivity contribution in [2.75, 3.05) is 39.5 Å². The van der Waals surface area contributed by atoms with E-state index in [0.717, 1.165) is 45.7 Å². The van der Waals surface area contributed by atoms with Gasteiger partial charge in [0.2, 0.25) is 0 Å². The van der Waals surface area contributed by atoms with Gasteiger partial charge in [-0.05, 0) is 33.2 Å². The van der Waals surface area contributed by atoms with Crippen molar-refractivity contribution in [1.29, 1.82) is 0 Å². The zero-order valence-electron chi connectivity index (χ0n) is 11.5. The molecule has 1 aliphatic rings. The highest BCUT2D eigenvalue weighted by Gasteiger charge is 2.31. The van der Waals surface area contributed by atoms with E-state index >= 15 is 0 Å². The lowest BCUT2D eigenvalue weighted by Gasteiger charge is -2.43. The topological polar surface area (TPSA) is 44.7 Å². The van der Waals surface area contributed by atoms with Crippen LogP contribution < -0.4 is 5.32 Å². The molecular formula is C13H28N2O2. The molecule has 0 amide bonds. The predicted molar refractivity (Wildman–Crippen MR) is 70.3 cm³/mol. The fourth-order valence-corrected chi connectivity index (χ4v) is 2.26. The summed E-state index contributed by atoms with van der Waals surface area (Å²) >= 11 is 0. The number of hydrogen-bond acceptors (Lipinski definition) is 4. The fourth-order valence-electron chi connectivity index (χ4n) is 2.26. The second-order valence-electron chi connectivity index (χ2n) is 5.47. The third-order valence-electron chi connectivity index (χ3n) is 3.42. The molecule has 0 radical (unpaired) electrons. The number of aliphatic hydroxyl groups excluding tert-OH is 1. The van der Waals surface area contributed by atoms with Gasteiger partial charge in [-0.2, -0.15) is 0 Å². The van der Waals surface area contributed by atoms with E-state index in [1.807, 2.05) is 0 Å². The molecule has 0 aromatic carbocycles. The molecule has 4 heteroatoms. The van der Waals surface area contributed by atoms with Gasteiger partial charge in [0.1, 0.15) is 0 Å². The van der Waals surface area contributed by atoms with Crippen LogP contribution in [0.3, 0.4) is 0 Å². The Morgan fingerprint density at radius 1 is 1.47 bits per heavy atom. The van der Waals surface area contributed by atoms with Gasteiger partial charge in [-0.25, -0.2) is 0 Å². The second kappa shape index (κ2) is 7.31. The highest BCUT2D eigenvalue weighted by molar-refractivity contribution is 4.87. The molecule has 1 fully saturated rings. The Balaban J connectivity index is 2.46. The van der Waals surface area contributed by atoms with Gasteiger partial charge < -0.3 is 15.2 Å². The summed E-state index contributed by atoms with van der Waals surface area (Å²) < 4.78 is 5.53. The van der Waals surface area contributed by atoms with Crippen LogP contribution in [0.15, 0.2) is 0 Å². The van der Waals surface area contributed by atoms with E-state index in [9.17, 15) is 0 Å². The maximum atomic E-state index is 9.11. The van der Waals surface area contributed by atoms with Crippen molar-refractivity contribution in [3.8, 4) is 0 Å². The lowest BCUT2D eigenvalue weighted by atomic mass is 10.0. The number of ether oxygens (including phenoxy) is 1. The van der Waals surface area contributed by atoms with Gasteiger partial charge in [-0.1, -0.05) is 6.92 Å². The Kier molecular flexibility index (Phi) is 6.41. The van der Waals surface area contributed by atoms with Crippen molar-refractivity contribution in [3.05, 3.63) is 0 Å². The zero-order chi connectivity index (χ0) is 12.7. The summed E-state index contributed by atoms with van der Waals surface area (Å²) in [7, 11) is 0. The molecule has 0 aromatic heterocycles. The number of nitrogens with zero attached hydrogens (tertiary/aromatic N) is 1. The average molecular weight is 244 g/mol. The largest absolute Gasteiger partial charge is 0.396 e. The van der Waals surface area contributed by atoms with E-state index in [2.05, 4.69) is 31.0 Å². The zero-order valence-corrected chi connectivity index (χ0v) is 11.5. The Labute approximate surface area is 105 Å². The van der Waals surface area contributed by atoms with E-state index in [-0.39, 0.29) is 12.1 Å². The molecule has 17 heavy (non-hydrogen) atoms. The van der Waals surface area contributed by atoms with Crippen molar-refractivity contribution in [2.45, 2.75) is 45.2 Å². The first-order valence-electron chi connectivity index (χ1n) is 6.77. The Bertz CT molecular complexity index is 210.